The number of hydrogen-bond acceptors (Lipinski definition) is 0. The largest absolute Gasteiger partial charge is 0.246 e. The minimum Gasteiger partial charge on any atom is -0.246 e. The van der Waals surface area contributed by atoms with Gasteiger partial charge in [-0.25, -0.2) is 8.78 Å². The number of allylic oxidation sites excluding steroid dienone is 3. The van der Waals surface area contributed by atoms with Gasteiger partial charge in [0.25, 0.3) is 0 Å². The van der Waals surface area contributed by atoms with E-state index in [1.165, 1.54) is 38.5 Å². The first-order valence-electron chi connectivity index (χ1n) is 8.77. The molecule has 0 aliphatic heterocycles. The van der Waals surface area contributed by atoms with E-state index in [2.05, 4.69) is 12.7 Å². The molecule has 120 valence electrons. The third-order valence-electron chi connectivity index (χ3n) is 5.72. The Balaban J connectivity index is 1.63. The monoisotopic (exact) mass is 296 g/mol. The second-order valence-corrected chi connectivity index (χ2v) is 7.05. The molecule has 0 unspecified atom stereocenters. The van der Waals surface area contributed by atoms with Gasteiger partial charge in [-0.2, -0.15) is 0 Å². The lowest BCUT2D eigenvalue weighted by molar-refractivity contribution is 0.227. The Morgan fingerprint density at radius 3 is 1.90 bits per heavy atom. The summed E-state index contributed by atoms with van der Waals surface area (Å²) in [4.78, 5) is 0. The van der Waals surface area contributed by atoms with E-state index in [1.54, 1.807) is 0 Å². The van der Waals surface area contributed by atoms with Crippen LogP contribution in [0.25, 0.3) is 0 Å². The van der Waals surface area contributed by atoms with Crippen molar-refractivity contribution < 1.29 is 8.78 Å². The minimum absolute atomic E-state index is 0.0000279. The molecular formula is C19H30F2. The summed E-state index contributed by atoms with van der Waals surface area (Å²) in [5.41, 5.74) is 0. The van der Waals surface area contributed by atoms with E-state index < -0.39 is 6.67 Å². The van der Waals surface area contributed by atoms with Gasteiger partial charge in [0, 0.05) is 5.92 Å². The summed E-state index contributed by atoms with van der Waals surface area (Å²) in [7, 11) is 0. The SMILES string of the molecule is C=CC1CCC(CCC2CCC(/C(F)=C/CF)CC2)CC1. The van der Waals surface area contributed by atoms with Crippen LogP contribution in [0.15, 0.2) is 24.6 Å². The van der Waals surface area contributed by atoms with Crippen molar-refractivity contribution in [2.75, 3.05) is 6.67 Å². The van der Waals surface area contributed by atoms with Crippen LogP contribution in [0.4, 0.5) is 8.78 Å². The van der Waals surface area contributed by atoms with Gasteiger partial charge in [0.1, 0.15) is 12.5 Å². The maximum Gasteiger partial charge on any atom is 0.110 e. The summed E-state index contributed by atoms with van der Waals surface area (Å²) >= 11 is 0. The normalized spacial score (nSPS) is 34.7. The van der Waals surface area contributed by atoms with Crippen LogP contribution in [0.1, 0.15) is 64.2 Å². The molecule has 2 rings (SSSR count). The topological polar surface area (TPSA) is 0 Å². The fourth-order valence-electron chi connectivity index (χ4n) is 4.15. The van der Waals surface area contributed by atoms with Gasteiger partial charge < -0.3 is 0 Å². The summed E-state index contributed by atoms with van der Waals surface area (Å²) in [6, 6.07) is 0. The molecular weight excluding hydrogens is 266 g/mol. The van der Waals surface area contributed by atoms with Crippen molar-refractivity contribution in [3.05, 3.63) is 24.6 Å². The second kappa shape index (κ2) is 8.70. The number of hydrogen-bond donors (Lipinski definition) is 0. The van der Waals surface area contributed by atoms with Crippen molar-refractivity contribution in [1.82, 2.24) is 0 Å². The summed E-state index contributed by atoms with van der Waals surface area (Å²) in [6.45, 7) is 3.24. The first kappa shape index (κ1) is 16.7. The van der Waals surface area contributed by atoms with E-state index in [9.17, 15) is 8.78 Å². The van der Waals surface area contributed by atoms with E-state index in [1.807, 2.05) is 0 Å². The Labute approximate surface area is 128 Å². The van der Waals surface area contributed by atoms with Crippen molar-refractivity contribution >= 4 is 0 Å². The van der Waals surface area contributed by atoms with Gasteiger partial charge in [-0.15, -0.1) is 6.58 Å². The molecule has 0 N–H and O–H groups in total. The third-order valence-corrected chi connectivity index (χ3v) is 5.72. The van der Waals surface area contributed by atoms with Crippen molar-refractivity contribution in [1.29, 1.82) is 0 Å². The lowest BCUT2D eigenvalue weighted by Gasteiger charge is -2.31. The van der Waals surface area contributed by atoms with Crippen molar-refractivity contribution in [3.8, 4) is 0 Å². The first-order chi connectivity index (χ1) is 10.2. The highest BCUT2D eigenvalue weighted by molar-refractivity contribution is 4.99. The van der Waals surface area contributed by atoms with E-state index in [-0.39, 0.29) is 11.7 Å². The van der Waals surface area contributed by atoms with Crippen LogP contribution in [-0.2, 0) is 0 Å². The molecule has 2 aliphatic carbocycles. The number of alkyl halides is 1. The smallest absolute Gasteiger partial charge is 0.110 e. The zero-order valence-corrected chi connectivity index (χ0v) is 13.2. The standard InChI is InChI=1S/C19H30F2/c1-2-15-3-5-16(6-4-15)7-8-17-9-11-18(12-10-17)19(21)13-14-20/h2,13,15-18H,1,3-12,14H2/b19-13-. The molecule has 2 aliphatic rings. The third kappa shape index (κ3) is 5.23. The molecule has 0 saturated heterocycles. The zero-order chi connectivity index (χ0) is 15.1. The van der Waals surface area contributed by atoms with Crippen LogP contribution in [-0.4, -0.2) is 6.67 Å². The Morgan fingerprint density at radius 2 is 1.43 bits per heavy atom. The van der Waals surface area contributed by atoms with Crippen LogP contribution >= 0.6 is 0 Å². The predicted molar refractivity (Wildman–Crippen MR) is 85.5 cm³/mol. The van der Waals surface area contributed by atoms with Crippen LogP contribution in [0.3, 0.4) is 0 Å². The van der Waals surface area contributed by atoms with Crippen LogP contribution in [0.5, 0.6) is 0 Å². The fourth-order valence-corrected chi connectivity index (χ4v) is 4.15. The molecule has 0 atom stereocenters. The van der Waals surface area contributed by atoms with Gasteiger partial charge in [0.2, 0.25) is 0 Å². The highest BCUT2D eigenvalue weighted by Crippen LogP contribution is 2.38. The molecule has 0 spiro atoms. The van der Waals surface area contributed by atoms with E-state index in [0.717, 1.165) is 49.5 Å². The molecule has 0 aromatic heterocycles. The molecule has 0 nitrogen and oxygen atoms in total. The summed E-state index contributed by atoms with van der Waals surface area (Å²) in [5.74, 6) is 2.22. The molecule has 21 heavy (non-hydrogen) atoms. The molecule has 2 fully saturated rings. The lowest BCUT2D eigenvalue weighted by atomic mass is 9.75. The second-order valence-electron chi connectivity index (χ2n) is 7.05. The molecule has 0 heterocycles. The molecule has 0 amide bonds. The lowest BCUT2D eigenvalue weighted by Crippen LogP contribution is -2.18. The van der Waals surface area contributed by atoms with E-state index >= 15 is 0 Å². The Kier molecular flexibility index (Phi) is 6.92. The number of halogens is 2. The zero-order valence-electron chi connectivity index (χ0n) is 13.2. The van der Waals surface area contributed by atoms with Crippen LogP contribution < -0.4 is 0 Å². The highest BCUT2D eigenvalue weighted by Gasteiger charge is 2.25. The van der Waals surface area contributed by atoms with Gasteiger partial charge >= 0.3 is 0 Å². The Morgan fingerprint density at radius 1 is 0.905 bits per heavy atom. The van der Waals surface area contributed by atoms with Gasteiger partial charge in [-0.1, -0.05) is 18.9 Å². The number of rotatable bonds is 6. The van der Waals surface area contributed by atoms with Crippen molar-refractivity contribution in [2.45, 2.75) is 64.2 Å². The molecule has 0 aromatic rings. The fraction of sp³-hybridized carbons (Fsp3) is 0.789. The van der Waals surface area contributed by atoms with Crippen molar-refractivity contribution in [3.63, 3.8) is 0 Å². The maximum atomic E-state index is 13.6. The van der Waals surface area contributed by atoms with Gasteiger partial charge in [0.15, 0.2) is 0 Å². The van der Waals surface area contributed by atoms with Gasteiger partial charge in [-0.05, 0) is 75.2 Å². The molecule has 0 aromatic carbocycles. The van der Waals surface area contributed by atoms with E-state index in [4.69, 9.17) is 0 Å². The average molecular weight is 296 g/mol. The predicted octanol–water partition coefficient (Wildman–Crippen LogP) is 6.39. The van der Waals surface area contributed by atoms with Gasteiger partial charge in [0.05, 0.1) is 0 Å². The Bertz CT molecular complexity index is 331. The molecule has 2 saturated carbocycles. The summed E-state index contributed by atoms with van der Waals surface area (Å²) in [5, 5.41) is 0. The minimum atomic E-state index is -0.668. The molecule has 0 bridgehead atoms. The molecule has 0 radical (unpaired) electrons. The van der Waals surface area contributed by atoms with Crippen LogP contribution in [0, 0.1) is 23.7 Å². The first-order valence-corrected chi connectivity index (χ1v) is 8.77. The Hall–Kier alpha value is -0.660. The van der Waals surface area contributed by atoms with E-state index in [0.29, 0.717) is 0 Å². The maximum absolute atomic E-state index is 13.6. The van der Waals surface area contributed by atoms with Crippen LogP contribution in [0.2, 0.25) is 0 Å². The summed E-state index contributed by atoms with van der Waals surface area (Å²) < 4.78 is 25.7. The molecule has 2 heteroatoms. The quantitative estimate of drug-likeness (QED) is 0.498. The summed E-state index contributed by atoms with van der Waals surface area (Å²) in [6.07, 6.45) is 15.3. The van der Waals surface area contributed by atoms with Crippen molar-refractivity contribution in [2.24, 2.45) is 23.7 Å². The van der Waals surface area contributed by atoms with Gasteiger partial charge in [-0.3, -0.25) is 0 Å². The highest BCUT2D eigenvalue weighted by atomic mass is 19.1. The average Bonchev–Trinajstić information content (AvgIpc) is 2.54.